The SMILES string of the molecule is CC.CC.CNC1CCC2(CC1)CCN(c1ccc(Nc3ncc(Cl)c(Nc4ccccc4P(C)(C)=O)n3)cc1N)CC2.CNC1CCC2(CC1)CCN(c1ccc(Nc3ncc(Cl)c(Nc4ccccc4P(C)(C)=O)n3)cc1[N+](=O)[O-])CC2.CO. The lowest BCUT2D eigenvalue weighted by Gasteiger charge is -2.46. The van der Waals surface area contributed by atoms with Crippen LogP contribution in [-0.2, 0) is 9.13 Å². The highest BCUT2D eigenvalue weighted by Crippen LogP contribution is 2.48. The second kappa shape index (κ2) is 31.7. The number of benzene rings is 4. The van der Waals surface area contributed by atoms with Crippen molar-refractivity contribution >= 4 is 117 Å². The van der Waals surface area contributed by atoms with Crippen LogP contribution in [0.4, 0.5) is 69.0 Å². The first-order valence-electron chi connectivity index (χ1n) is 30.1. The molecule has 23 heteroatoms. The predicted octanol–water partition coefficient (Wildman–Crippen LogP) is 14.4. The number of hydrogen-bond donors (Lipinski definition) is 8. The van der Waals surface area contributed by atoms with Gasteiger partial charge in [0, 0.05) is 73.4 Å². The van der Waals surface area contributed by atoms with Gasteiger partial charge in [-0.25, -0.2) is 9.97 Å². The molecule has 4 heterocycles. The summed E-state index contributed by atoms with van der Waals surface area (Å²) in [5.74, 6) is 1.39. The van der Waals surface area contributed by atoms with Gasteiger partial charge in [-0.3, -0.25) is 10.1 Å². The van der Waals surface area contributed by atoms with Crippen molar-refractivity contribution in [3.63, 3.8) is 0 Å². The number of aromatic nitrogens is 4. The minimum atomic E-state index is -2.56. The maximum atomic E-state index is 12.8. The molecule has 2 saturated carbocycles. The molecule has 2 saturated heterocycles. The number of nitrogens with zero attached hydrogens (tertiary/aromatic N) is 7. The third-order valence-electron chi connectivity index (χ3n) is 16.9. The fraction of sp³-hybridized carbons (Fsp3) is 0.492. The average molecular weight is 1260 g/mol. The molecule has 2 aliphatic carbocycles. The maximum absolute atomic E-state index is 12.8. The highest BCUT2D eigenvalue weighted by atomic mass is 35.5. The van der Waals surface area contributed by atoms with Crippen LogP contribution in [0.25, 0.3) is 0 Å². The maximum Gasteiger partial charge on any atom is 0.294 e. The van der Waals surface area contributed by atoms with Crippen LogP contribution in [0.15, 0.2) is 97.3 Å². The summed E-state index contributed by atoms with van der Waals surface area (Å²) in [7, 11) is 0.0693. The van der Waals surface area contributed by atoms with Gasteiger partial charge in [0.25, 0.3) is 5.69 Å². The molecular weight excluding hydrogens is 1170 g/mol. The molecule has 0 bridgehead atoms. The highest BCUT2D eigenvalue weighted by Gasteiger charge is 2.40. The molecule has 2 aliphatic heterocycles. The van der Waals surface area contributed by atoms with Crippen LogP contribution in [0, 0.1) is 20.9 Å². The van der Waals surface area contributed by atoms with E-state index in [4.69, 9.17) is 34.0 Å². The van der Waals surface area contributed by atoms with Gasteiger partial charge in [-0.1, -0.05) is 75.2 Å². The van der Waals surface area contributed by atoms with Gasteiger partial charge < -0.3 is 61.7 Å². The Morgan fingerprint density at radius 1 is 0.581 bits per heavy atom. The summed E-state index contributed by atoms with van der Waals surface area (Å²) >= 11 is 12.8. The van der Waals surface area contributed by atoms with Crippen LogP contribution in [-0.4, -0.2) is 116 Å². The van der Waals surface area contributed by atoms with Gasteiger partial charge in [0.15, 0.2) is 11.6 Å². The number of hydrogen-bond acceptors (Lipinski definition) is 18. The first kappa shape index (κ1) is 69.1. The molecule has 9 N–H and O–H groups in total. The number of nitro benzene ring substituents is 1. The van der Waals surface area contributed by atoms with Crippen LogP contribution in [0.3, 0.4) is 0 Å². The standard InChI is InChI=1S/C29H37ClN7O3P.C29H39ClN7OP.2C2H6.CH4O/c1-31-20-10-12-29(13-11-20)14-16-36(17-15-29)24-9-8-21(18-25(24)37(38)39)33-28-32-19-22(30)27(35-28)34-23-6-4-5-7-26(23)41(2,3)40;1-32-20-10-12-29(13-11-20)14-16-37(17-15-29)25-9-8-21(18-23(25)31)34-28-33-19-22(30)27(36-28)35-24-6-4-5-7-26(24)39(2,3)38;3*1-2/h4-9,18-20,31H,10-17H2,1-3H3,(H2,32,33,34,35);4-9,18-20,32H,10-17,31H2,1-3H3,(H2,33,34,35,36);2*1-2H3;2H,1H3. The largest absolute Gasteiger partial charge is 0.400 e. The van der Waals surface area contributed by atoms with E-state index in [1.165, 1.54) is 76.5 Å². The second-order valence-electron chi connectivity index (χ2n) is 22.9. The van der Waals surface area contributed by atoms with E-state index in [1.54, 1.807) is 32.9 Å². The second-order valence-corrected chi connectivity index (χ2v) is 30.0. The van der Waals surface area contributed by atoms with E-state index in [1.807, 2.05) is 108 Å². The monoisotopic (exact) mass is 1260 g/mol. The molecular formula is C63H92Cl2N14O5P2. The summed E-state index contributed by atoms with van der Waals surface area (Å²) in [6.07, 6.45) is 17.6. The van der Waals surface area contributed by atoms with E-state index in [-0.39, 0.29) is 21.6 Å². The van der Waals surface area contributed by atoms with Crippen molar-refractivity contribution in [2.24, 2.45) is 10.8 Å². The summed E-state index contributed by atoms with van der Waals surface area (Å²) < 4.78 is 25.5. The molecule has 4 aromatic carbocycles. The van der Waals surface area contributed by atoms with E-state index in [0.717, 1.165) is 68.5 Å². The van der Waals surface area contributed by atoms with Crippen molar-refractivity contribution in [1.82, 2.24) is 30.6 Å². The van der Waals surface area contributed by atoms with Crippen LogP contribution in [0.2, 0.25) is 10.0 Å². The van der Waals surface area contributed by atoms with Crippen molar-refractivity contribution in [2.75, 3.05) is 111 Å². The first-order valence-corrected chi connectivity index (χ1v) is 36.1. The fourth-order valence-corrected chi connectivity index (χ4v) is 14.6. The average Bonchev–Trinajstić information content (AvgIpc) is 2.27. The third-order valence-corrected chi connectivity index (χ3v) is 20.6. The zero-order chi connectivity index (χ0) is 62.8. The topological polar surface area (TPSA) is 254 Å². The Morgan fingerprint density at radius 3 is 1.33 bits per heavy atom. The molecule has 0 atom stereocenters. The Labute approximate surface area is 520 Å². The molecule has 0 unspecified atom stereocenters. The molecule has 2 aromatic heterocycles. The number of anilines is 11. The summed E-state index contributed by atoms with van der Waals surface area (Å²) in [5.41, 5.74) is 12.6. The van der Waals surface area contributed by atoms with Crippen LogP contribution >= 0.6 is 37.5 Å². The first-order chi connectivity index (χ1) is 41.2. The van der Waals surface area contributed by atoms with Crippen molar-refractivity contribution in [3.8, 4) is 0 Å². The van der Waals surface area contributed by atoms with Gasteiger partial charge >= 0.3 is 0 Å². The number of aliphatic hydroxyl groups is 1. The fourth-order valence-electron chi connectivity index (χ4n) is 12.1. The highest BCUT2D eigenvalue weighted by molar-refractivity contribution is 7.70. The van der Waals surface area contributed by atoms with Crippen molar-refractivity contribution in [3.05, 3.63) is 117 Å². The van der Waals surface area contributed by atoms with Crippen molar-refractivity contribution in [2.45, 2.75) is 117 Å². The summed E-state index contributed by atoms with van der Waals surface area (Å²) in [6.45, 7) is 18.6. The van der Waals surface area contributed by atoms with E-state index >= 15 is 0 Å². The van der Waals surface area contributed by atoms with Gasteiger partial charge in [0.05, 0.1) is 40.1 Å². The van der Waals surface area contributed by atoms with E-state index < -0.39 is 14.3 Å². The van der Waals surface area contributed by atoms with E-state index in [2.05, 4.69) is 74.8 Å². The number of nitrogens with two attached hydrogens (primary N) is 1. The minimum Gasteiger partial charge on any atom is -0.400 e. The number of nitrogen functional groups attached to an aromatic ring is 1. The zero-order valence-corrected chi connectivity index (χ0v) is 55.4. The molecule has 4 fully saturated rings. The van der Waals surface area contributed by atoms with E-state index in [9.17, 15) is 19.2 Å². The van der Waals surface area contributed by atoms with Crippen LogP contribution < -0.4 is 58.0 Å². The molecule has 10 rings (SSSR count). The molecule has 468 valence electrons. The van der Waals surface area contributed by atoms with Gasteiger partial charge in [-0.15, -0.1) is 0 Å². The lowest BCUT2D eigenvalue weighted by atomic mass is 9.67. The number of para-hydroxylation sites is 2. The summed E-state index contributed by atoms with van der Waals surface area (Å²) in [5, 5.41) is 40.8. The quantitative estimate of drug-likeness (QED) is 0.0206. The minimum absolute atomic E-state index is 0.0488. The van der Waals surface area contributed by atoms with Crippen molar-refractivity contribution in [1.29, 1.82) is 0 Å². The van der Waals surface area contributed by atoms with Crippen molar-refractivity contribution < 1.29 is 19.2 Å². The Morgan fingerprint density at radius 2 is 0.953 bits per heavy atom. The Hall–Kier alpha value is -6.04. The smallest absolute Gasteiger partial charge is 0.294 e. The zero-order valence-electron chi connectivity index (χ0n) is 52.1. The molecule has 0 amide bonds. The van der Waals surface area contributed by atoms with Gasteiger partial charge in [0.2, 0.25) is 11.9 Å². The predicted molar refractivity (Wildman–Crippen MR) is 363 cm³/mol. The Kier molecular flexibility index (Phi) is 25.5. The Bertz CT molecular complexity index is 3260. The van der Waals surface area contributed by atoms with Gasteiger partial charge in [-0.05, 0) is 183 Å². The number of nitro groups is 1. The lowest BCUT2D eigenvalue weighted by molar-refractivity contribution is -0.384. The normalized spacial score (nSPS) is 17.2. The molecule has 0 radical (unpaired) electrons. The lowest BCUT2D eigenvalue weighted by Crippen LogP contribution is -2.44. The number of nitrogens with one attached hydrogen (secondary N) is 6. The van der Waals surface area contributed by atoms with Gasteiger partial charge in [0.1, 0.15) is 30.0 Å². The molecule has 4 aliphatic rings. The van der Waals surface area contributed by atoms with Crippen LogP contribution in [0.1, 0.15) is 105 Å². The van der Waals surface area contributed by atoms with E-state index in [0.29, 0.717) is 73.6 Å². The number of rotatable bonds is 15. The molecule has 86 heavy (non-hydrogen) atoms. The molecule has 6 aromatic rings. The van der Waals surface area contributed by atoms with Gasteiger partial charge in [-0.2, -0.15) is 9.97 Å². The number of piperidine rings is 2. The van der Waals surface area contributed by atoms with Crippen LogP contribution in [0.5, 0.6) is 0 Å². The number of halogens is 2. The summed E-state index contributed by atoms with van der Waals surface area (Å²) in [6, 6.07) is 27.3. The number of aliphatic hydroxyl groups excluding tert-OH is 1. The molecule has 2 spiro atoms. The third kappa shape index (κ3) is 18.0. The molecule has 19 nitrogen and oxygen atoms in total. The summed E-state index contributed by atoms with van der Waals surface area (Å²) in [4.78, 5) is 34.0. The Balaban J connectivity index is 0.000000254.